The second-order valence-corrected chi connectivity index (χ2v) is 4.19. The molecule has 1 heteroatoms. The van der Waals surface area contributed by atoms with Crippen molar-refractivity contribution in [1.82, 2.24) is 5.32 Å². The standard InChI is InChI=1S/C12H21N/c1-3-5-6-10-13-11-12(4-2)8-7-9-12/h1,13H,4-11H2,2H3. The van der Waals surface area contributed by atoms with Crippen LogP contribution in [0.5, 0.6) is 0 Å². The zero-order valence-corrected chi connectivity index (χ0v) is 8.73. The first kappa shape index (κ1) is 10.6. The monoisotopic (exact) mass is 179 g/mol. The average Bonchev–Trinajstić information content (AvgIpc) is 2.09. The van der Waals surface area contributed by atoms with E-state index in [2.05, 4.69) is 18.2 Å². The van der Waals surface area contributed by atoms with Crippen LogP contribution in [-0.4, -0.2) is 13.1 Å². The van der Waals surface area contributed by atoms with Crippen molar-refractivity contribution in [1.29, 1.82) is 0 Å². The molecule has 1 saturated carbocycles. The van der Waals surface area contributed by atoms with Gasteiger partial charge in [-0.2, -0.15) is 0 Å². The third kappa shape index (κ3) is 3.04. The van der Waals surface area contributed by atoms with Crippen LogP contribution in [0.25, 0.3) is 0 Å². The molecule has 0 aromatic carbocycles. The zero-order valence-electron chi connectivity index (χ0n) is 8.73. The maximum atomic E-state index is 5.18. The number of hydrogen-bond donors (Lipinski definition) is 1. The molecule has 0 unspecified atom stereocenters. The molecule has 0 bridgehead atoms. The van der Waals surface area contributed by atoms with Gasteiger partial charge in [0.05, 0.1) is 0 Å². The normalized spacial score (nSPS) is 19.1. The summed E-state index contributed by atoms with van der Waals surface area (Å²) in [7, 11) is 0. The van der Waals surface area contributed by atoms with Crippen LogP contribution < -0.4 is 5.32 Å². The Hall–Kier alpha value is -0.480. The first-order chi connectivity index (χ1) is 6.33. The molecule has 0 aromatic heterocycles. The van der Waals surface area contributed by atoms with Gasteiger partial charge in [0.15, 0.2) is 0 Å². The lowest BCUT2D eigenvalue weighted by atomic mass is 9.67. The van der Waals surface area contributed by atoms with Gasteiger partial charge in [-0.1, -0.05) is 13.3 Å². The van der Waals surface area contributed by atoms with Crippen LogP contribution in [0.2, 0.25) is 0 Å². The Labute approximate surface area is 82.3 Å². The van der Waals surface area contributed by atoms with Crippen molar-refractivity contribution < 1.29 is 0 Å². The van der Waals surface area contributed by atoms with Gasteiger partial charge >= 0.3 is 0 Å². The summed E-state index contributed by atoms with van der Waals surface area (Å²) < 4.78 is 0. The van der Waals surface area contributed by atoms with Crippen molar-refractivity contribution in [2.75, 3.05) is 13.1 Å². The number of terminal acetylenes is 1. The number of unbranched alkanes of at least 4 members (excludes halogenated alkanes) is 1. The van der Waals surface area contributed by atoms with Gasteiger partial charge in [-0.25, -0.2) is 0 Å². The molecule has 13 heavy (non-hydrogen) atoms. The van der Waals surface area contributed by atoms with Crippen LogP contribution in [0, 0.1) is 17.8 Å². The van der Waals surface area contributed by atoms with E-state index >= 15 is 0 Å². The molecule has 0 aromatic rings. The Kier molecular flexibility index (Phi) is 4.32. The Morgan fingerprint density at radius 1 is 1.46 bits per heavy atom. The van der Waals surface area contributed by atoms with Crippen LogP contribution in [0.1, 0.15) is 45.4 Å². The largest absolute Gasteiger partial charge is 0.316 e. The van der Waals surface area contributed by atoms with Gasteiger partial charge in [0, 0.05) is 13.0 Å². The van der Waals surface area contributed by atoms with E-state index in [1.165, 1.54) is 32.2 Å². The summed E-state index contributed by atoms with van der Waals surface area (Å²) in [5.41, 5.74) is 0.649. The Morgan fingerprint density at radius 2 is 2.23 bits per heavy atom. The highest BCUT2D eigenvalue weighted by Gasteiger charge is 2.34. The van der Waals surface area contributed by atoms with E-state index in [1.54, 1.807) is 0 Å². The fraction of sp³-hybridized carbons (Fsp3) is 0.833. The molecule has 1 aliphatic rings. The third-order valence-electron chi connectivity index (χ3n) is 3.34. The number of rotatable bonds is 6. The molecule has 1 fully saturated rings. The van der Waals surface area contributed by atoms with E-state index in [0.29, 0.717) is 5.41 Å². The molecule has 0 atom stereocenters. The van der Waals surface area contributed by atoms with Gasteiger partial charge in [0.1, 0.15) is 0 Å². The summed E-state index contributed by atoms with van der Waals surface area (Å²) in [6.45, 7) is 4.60. The third-order valence-corrected chi connectivity index (χ3v) is 3.34. The van der Waals surface area contributed by atoms with E-state index in [0.717, 1.165) is 19.4 Å². The maximum absolute atomic E-state index is 5.18. The highest BCUT2D eigenvalue weighted by Crippen LogP contribution is 2.42. The minimum absolute atomic E-state index is 0.649. The van der Waals surface area contributed by atoms with Crippen molar-refractivity contribution in [3.63, 3.8) is 0 Å². The lowest BCUT2D eigenvalue weighted by Crippen LogP contribution is -2.39. The van der Waals surface area contributed by atoms with Gasteiger partial charge < -0.3 is 5.32 Å². The Morgan fingerprint density at radius 3 is 2.69 bits per heavy atom. The van der Waals surface area contributed by atoms with Gasteiger partial charge in [0.2, 0.25) is 0 Å². The molecule has 0 spiro atoms. The second kappa shape index (κ2) is 5.29. The highest BCUT2D eigenvalue weighted by atomic mass is 14.9. The van der Waals surface area contributed by atoms with Gasteiger partial charge in [-0.05, 0) is 37.6 Å². The first-order valence-corrected chi connectivity index (χ1v) is 5.47. The highest BCUT2D eigenvalue weighted by molar-refractivity contribution is 4.88. The predicted octanol–water partition coefficient (Wildman–Crippen LogP) is 2.57. The molecule has 74 valence electrons. The fourth-order valence-electron chi connectivity index (χ4n) is 2.00. The van der Waals surface area contributed by atoms with Crippen molar-refractivity contribution in [3.8, 4) is 12.3 Å². The van der Waals surface area contributed by atoms with Gasteiger partial charge in [-0.15, -0.1) is 12.3 Å². The molecule has 1 rings (SSSR count). The van der Waals surface area contributed by atoms with Crippen molar-refractivity contribution in [2.45, 2.75) is 45.4 Å². The Bertz CT molecular complexity index is 169. The molecular weight excluding hydrogens is 158 g/mol. The lowest BCUT2D eigenvalue weighted by molar-refractivity contribution is 0.124. The van der Waals surface area contributed by atoms with Crippen molar-refractivity contribution >= 4 is 0 Å². The maximum Gasteiger partial charge on any atom is 0.00981 e. The molecule has 1 nitrogen and oxygen atoms in total. The molecule has 0 amide bonds. The van der Waals surface area contributed by atoms with Crippen LogP contribution >= 0.6 is 0 Å². The zero-order chi connectivity index (χ0) is 9.57. The summed E-state index contributed by atoms with van der Waals surface area (Å²) in [6.07, 6.45) is 12.8. The minimum atomic E-state index is 0.649. The molecule has 0 heterocycles. The molecule has 0 aliphatic heterocycles. The summed E-state index contributed by atoms with van der Waals surface area (Å²) in [4.78, 5) is 0. The lowest BCUT2D eigenvalue weighted by Gasteiger charge is -2.41. The second-order valence-electron chi connectivity index (χ2n) is 4.19. The smallest absolute Gasteiger partial charge is 0.00981 e. The van der Waals surface area contributed by atoms with E-state index in [9.17, 15) is 0 Å². The Balaban J connectivity index is 2.01. The predicted molar refractivity (Wildman–Crippen MR) is 57.5 cm³/mol. The topological polar surface area (TPSA) is 12.0 Å². The van der Waals surface area contributed by atoms with Crippen LogP contribution in [0.4, 0.5) is 0 Å². The van der Waals surface area contributed by atoms with Crippen molar-refractivity contribution in [3.05, 3.63) is 0 Å². The first-order valence-electron chi connectivity index (χ1n) is 5.47. The van der Waals surface area contributed by atoms with E-state index in [1.807, 2.05) is 0 Å². The molecule has 1 aliphatic carbocycles. The van der Waals surface area contributed by atoms with E-state index < -0.39 is 0 Å². The summed E-state index contributed by atoms with van der Waals surface area (Å²) in [5, 5.41) is 3.52. The SMILES string of the molecule is C#CCCCNCC1(CC)CCC1. The number of hydrogen-bond acceptors (Lipinski definition) is 1. The molecule has 0 saturated heterocycles. The summed E-state index contributed by atoms with van der Waals surface area (Å²) >= 11 is 0. The quantitative estimate of drug-likeness (QED) is 0.488. The average molecular weight is 179 g/mol. The molecule has 1 N–H and O–H groups in total. The van der Waals surface area contributed by atoms with Crippen molar-refractivity contribution in [2.24, 2.45) is 5.41 Å². The minimum Gasteiger partial charge on any atom is -0.316 e. The van der Waals surface area contributed by atoms with Crippen LogP contribution in [0.3, 0.4) is 0 Å². The van der Waals surface area contributed by atoms with E-state index in [-0.39, 0.29) is 0 Å². The van der Waals surface area contributed by atoms with Crippen LogP contribution in [0.15, 0.2) is 0 Å². The molecule has 0 radical (unpaired) electrons. The van der Waals surface area contributed by atoms with E-state index in [4.69, 9.17) is 6.42 Å². The fourth-order valence-corrected chi connectivity index (χ4v) is 2.00. The summed E-state index contributed by atoms with van der Waals surface area (Å²) in [6, 6.07) is 0. The summed E-state index contributed by atoms with van der Waals surface area (Å²) in [5.74, 6) is 2.67. The van der Waals surface area contributed by atoms with Gasteiger partial charge in [0.25, 0.3) is 0 Å². The number of nitrogens with one attached hydrogen (secondary N) is 1. The molecular formula is C12H21N. The van der Waals surface area contributed by atoms with Crippen LogP contribution in [-0.2, 0) is 0 Å². The van der Waals surface area contributed by atoms with Gasteiger partial charge in [-0.3, -0.25) is 0 Å².